The van der Waals surface area contributed by atoms with Crippen LogP contribution in [0.4, 0.5) is 11.9 Å². The van der Waals surface area contributed by atoms with Crippen LogP contribution in [-0.2, 0) is 13.0 Å². The first-order valence-corrected chi connectivity index (χ1v) is 7.73. The number of thiazole rings is 1. The van der Waals surface area contributed by atoms with Gasteiger partial charge in [-0.25, -0.2) is 4.98 Å². The fraction of sp³-hybridized carbons (Fsp3) is 0.500. The molecule has 0 aromatic carbocycles. The molecule has 0 saturated heterocycles. The highest BCUT2D eigenvalue weighted by molar-refractivity contribution is 7.11. The van der Waals surface area contributed by atoms with E-state index in [2.05, 4.69) is 44.4 Å². The normalized spacial score (nSPS) is 10.6. The Hall–Kier alpha value is -1.47. The summed E-state index contributed by atoms with van der Waals surface area (Å²) < 4.78 is 0. The lowest BCUT2D eigenvalue weighted by Crippen LogP contribution is -2.09. The van der Waals surface area contributed by atoms with Crippen molar-refractivity contribution in [2.75, 3.05) is 17.2 Å². The Morgan fingerprint density at radius 3 is 2.55 bits per heavy atom. The summed E-state index contributed by atoms with van der Waals surface area (Å²) in [7, 11) is 0. The molecule has 0 spiro atoms. The van der Waals surface area contributed by atoms with E-state index in [1.165, 1.54) is 4.88 Å². The summed E-state index contributed by atoms with van der Waals surface area (Å²) in [5, 5.41) is 7.38. The largest absolute Gasteiger partial charge is 0.354 e. The second kappa shape index (κ2) is 7.35. The Morgan fingerprint density at radius 1 is 1.15 bits per heavy atom. The molecule has 2 aromatic rings. The van der Waals surface area contributed by atoms with Crippen LogP contribution in [0.15, 0.2) is 6.20 Å². The number of rotatable bonds is 7. The van der Waals surface area contributed by atoms with Crippen LogP contribution in [0.2, 0.25) is 5.28 Å². The van der Waals surface area contributed by atoms with Crippen LogP contribution in [0.5, 0.6) is 0 Å². The second-order valence-electron chi connectivity index (χ2n) is 4.11. The minimum atomic E-state index is 0.175. The lowest BCUT2D eigenvalue weighted by Gasteiger charge is -2.06. The van der Waals surface area contributed by atoms with Gasteiger partial charge in [0.15, 0.2) is 0 Å². The Labute approximate surface area is 127 Å². The number of hydrogen-bond donors (Lipinski definition) is 2. The van der Waals surface area contributed by atoms with Crippen molar-refractivity contribution in [2.45, 2.75) is 33.2 Å². The molecule has 0 amide bonds. The fourth-order valence-corrected chi connectivity index (χ4v) is 2.46. The molecule has 0 aliphatic rings. The zero-order valence-electron chi connectivity index (χ0n) is 11.5. The molecule has 0 aliphatic heterocycles. The molecular weight excluding hydrogens is 296 g/mol. The van der Waals surface area contributed by atoms with E-state index < -0.39 is 0 Å². The summed E-state index contributed by atoms with van der Waals surface area (Å²) in [5.74, 6) is 0.944. The highest BCUT2D eigenvalue weighted by Crippen LogP contribution is 2.15. The van der Waals surface area contributed by atoms with Crippen molar-refractivity contribution in [3.63, 3.8) is 0 Å². The summed E-state index contributed by atoms with van der Waals surface area (Å²) in [4.78, 5) is 17.9. The number of nitrogens with one attached hydrogen (secondary N) is 2. The Morgan fingerprint density at radius 2 is 1.90 bits per heavy atom. The van der Waals surface area contributed by atoms with Crippen molar-refractivity contribution in [1.29, 1.82) is 0 Å². The topological polar surface area (TPSA) is 75.6 Å². The zero-order chi connectivity index (χ0) is 14.4. The molecule has 20 heavy (non-hydrogen) atoms. The molecule has 2 N–H and O–H groups in total. The third kappa shape index (κ3) is 4.28. The van der Waals surface area contributed by atoms with Crippen molar-refractivity contribution in [3.8, 4) is 0 Å². The van der Waals surface area contributed by atoms with Gasteiger partial charge in [-0.1, -0.05) is 13.8 Å². The molecule has 0 unspecified atom stereocenters. The van der Waals surface area contributed by atoms with Crippen molar-refractivity contribution >= 4 is 34.8 Å². The van der Waals surface area contributed by atoms with E-state index in [4.69, 9.17) is 11.6 Å². The van der Waals surface area contributed by atoms with Gasteiger partial charge in [0.05, 0.1) is 6.54 Å². The number of aryl methyl sites for hydroxylation is 1. The molecule has 6 nitrogen and oxygen atoms in total. The number of anilines is 2. The van der Waals surface area contributed by atoms with E-state index in [0.717, 1.165) is 24.4 Å². The van der Waals surface area contributed by atoms with Gasteiger partial charge < -0.3 is 10.6 Å². The minimum Gasteiger partial charge on any atom is -0.354 e. The first-order chi connectivity index (χ1) is 9.71. The van der Waals surface area contributed by atoms with Gasteiger partial charge in [-0.2, -0.15) is 15.0 Å². The van der Waals surface area contributed by atoms with E-state index in [0.29, 0.717) is 18.4 Å². The van der Waals surface area contributed by atoms with Crippen LogP contribution in [0.25, 0.3) is 0 Å². The van der Waals surface area contributed by atoms with Crippen LogP contribution < -0.4 is 10.6 Å². The molecule has 0 aliphatic carbocycles. The molecular formula is C12H17ClN6S. The average molecular weight is 313 g/mol. The van der Waals surface area contributed by atoms with E-state index in [-0.39, 0.29) is 5.28 Å². The summed E-state index contributed by atoms with van der Waals surface area (Å²) in [6.45, 7) is 5.56. The van der Waals surface area contributed by atoms with E-state index in [1.54, 1.807) is 11.3 Å². The number of nitrogens with zero attached hydrogens (tertiary/aromatic N) is 4. The van der Waals surface area contributed by atoms with Crippen molar-refractivity contribution in [2.24, 2.45) is 0 Å². The van der Waals surface area contributed by atoms with Gasteiger partial charge in [-0.05, 0) is 24.4 Å². The smallest absolute Gasteiger partial charge is 0.229 e. The Balaban J connectivity index is 1.99. The van der Waals surface area contributed by atoms with Gasteiger partial charge in [-0.15, -0.1) is 11.3 Å². The predicted octanol–water partition coefficient (Wildman–Crippen LogP) is 2.98. The molecule has 0 bridgehead atoms. The van der Waals surface area contributed by atoms with Gasteiger partial charge >= 0.3 is 0 Å². The molecule has 2 rings (SSSR count). The zero-order valence-corrected chi connectivity index (χ0v) is 13.1. The molecule has 0 radical (unpaired) electrons. The molecule has 108 valence electrons. The molecule has 0 atom stereocenters. The highest BCUT2D eigenvalue weighted by Gasteiger charge is 2.06. The summed E-state index contributed by atoms with van der Waals surface area (Å²) in [5.41, 5.74) is 0. The van der Waals surface area contributed by atoms with Crippen LogP contribution in [0.3, 0.4) is 0 Å². The monoisotopic (exact) mass is 312 g/mol. The van der Waals surface area contributed by atoms with Crippen LogP contribution in [-0.4, -0.2) is 26.5 Å². The first-order valence-electron chi connectivity index (χ1n) is 6.54. The fourth-order valence-electron chi connectivity index (χ4n) is 1.49. The van der Waals surface area contributed by atoms with Crippen molar-refractivity contribution in [3.05, 3.63) is 21.4 Å². The van der Waals surface area contributed by atoms with Gasteiger partial charge in [0.2, 0.25) is 17.2 Å². The highest BCUT2D eigenvalue weighted by atomic mass is 35.5. The van der Waals surface area contributed by atoms with Crippen LogP contribution in [0.1, 0.15) is 30.2 Å². The quantitative estimate of drug-likeness (QED) is 0.818. The van der Waals surface area contributed by atoms with Crippen LogP contribution >= 0.6 is 22.9 Å². The Kier molecular flexibility index (Phi) is 5.49. The molecule has 2 aromatic heterocycles. The van der Waals surface area contributed by atoms with Crippen molar-refractivity contribution < 1.29 is 0 Å². The molecule has 0 fully saturated rings. The van der Waals surface area contributed by atoms with Crippen LogP contribution in [0, 0.1) is 0 Å². The third-order valence-electron chi connectivity index (χ3n) is 2.49. The minimum absolute atomic E-state index is 0.175. The average Bonchev–Trinajstić information content (AvgIpc) is 2.90. The van der Waals surface area contributed by atoms with Gasteiger partial charge in [0, 0.05) is 17.6 Å². The number of hydrogen-bond acceptors (Lipinski definition) is 7. The van der Waals surface area contributed by atoms with Crippen molar-refractivity contribution in [1.82, 2.24) is 19.9 Å². The molecule has 8 heteroatoms. The Bertz CT molecular complexity index is 559. The maximum absolute atomic E-state index is 5.88. The summed E-state index contributed by atoms with van der Waals surface area (Å²) in [6.07, 6.45) is 3.89. The second-order valence-corrected chi connectivity index (χ2v) is 5.64. The van der Waals surface area contributed by atoms with Gasteiger partial charge in [0.25, 0.3) is 0 Å². The van der Waals surface area contributed by atoms with E-state index in [9.17, 15) is 0 Å². The number of halogens is 1. The van der Waals surface area contributed by atoms with Gasteiger partial charge in [0.1, 0.15) is 5.01 Å². The van der Waals surface area contributed by atoms with Gasteiger partial charge in [-0.3, -0.25) is 0 Å². The molecule has 2 heterocycles. The third-order valence-corrected chi connectivity index (χ3v) is 3.80. The lowest BCUT2D eigenvalue weighted by molar-refractivity contribution is 0.931. The predicted molar refractivity (Wildman–Crippen MR) is 82.4 cm³/mol. The molecule has 0 saturated carbocycles. The maximum atomic E-state index is 5.88. The standard InChI is InChI=1S/C12H17ClN6S/c1-3-5-14-11-17-10(13)18-12(19-11)16-7-9-15-6-8(4-2)20-9/h6H,3-5,7H2,1-2H3,(H2,14,16,17,18,19). The number of aromatic nitrogens is 4. The first kappa shape index (κ1) is 14.9. The van der Waals surface area contributed by atoms with E-state index in [1.807, 2.05) is 6.20 Å². The summed E-state index contributed by atoms with van der Waals surface area (Å²) in [6, 6.07) is 0. The maximum Gasteiger partial charge on any atom is 0.229 e. The summed E-state index contributed by atoms with van der Waals surface area (Å²) >= 11 is 7.56. The van der Waals surface area contributed by atoms with E-state index >= 15 is 0 Å². The lowest BCUT2D eigenvalue weighted by atomic mass is 10.4. The SMILES string of the molecule is CCCNc1nc(Cl)nc(NCc2ncc(CC)s2)n1.